The molecule has 0 N–H and O–H groups in total. The van der Waals surface area contributed by atoms with Gasteiger partial charge >= 0.3 is 0 Å². The molecule has 0 unspecified atom stereocenters. The first-order chi connectivity index (χ1) is 12.1. The van der Waals surface area contributed by atoms with E-state index >= 15 is 0 Å². The fraction of sp³-hybridized carbons (Fsp3) is 0.111. The van der Waals surface area contributed by atoms with Crippen molar-refractivity contribution >= 4 is 30.4 Å². The minimum absolute atomic E-state index is 0.0836. The third-order valence-corrected chi connectivity index (χ3v) is 6.91. The number of halogens is 1. The molecule has 3 aromatic carbocycles. The molecule has 0 aliphatic carbocycles. The highest BCUT2D eigenvalue weighted by molar-refractivity contribution is 7.92. The van der Waals surface area contributed by atoms with Crippen LogP contribution in [0.3, 0.4) is 0 Å². The lowest BCUT2D eigenvalue weighted by atomic mass is 10.1. The predicted molar refractivity (Wildman–Crippen MR) is 95.5 cm³/mol. The number of sulfone groups is 2. The molecule has 0 bridgehead atoms. The van der Waals surface area contributed by atoms with Crippen molar-refractivity contribution in [1.82, 2.24) is 0 Å². The molecule has 3 aromatic rings. The van der Waals surface area contributed by atoms with Crippen molar-refractivity contribution in [3.8, 4) is 5.75 Å². The van der Waals surface area contributed by atoms with E-state index in [1.807, 2.05) is 0 Å². The molecule has 0 saturated carbocycles. The second kappa shape index (κ2) is 6.37. The molecule has 0 aromatic heterocycles. The maximum atomic E-state index is 13.2. The van der Waals surface area contributed by atoms with Crippen LogP contribution in [0.1, 0.15) is 0 Å². The van der Waals surface area contributed by atoms with Crippen molar-refractivity contribution in [3.63, 3.8) is 0 Å². The second-order valence-electron chi connectivity index (χ2n) is 5.71. The maximum absolute atomic E-state index is 13.2. The summed E-state index contributed by atoms with van der Waals surface area (Å²) in [6, 6.07) is 11.7. The van der Waals surface area contributed by atoms with Crippen LogP contribution in [0.25, 0.3) is 10.8 Å². The smallest absolute Gasteiger partial charge is 0.210 e. The Balaban J connectivity index is 2.34. The molecule has 0 fully saturated rings. The van der Waals surface area contributed by atoms with Gasteiger partial charge in [-0.15, -0.1) is 0 Å². The van der Waals surface area contributed by atoms with Crippen LogP contribution < -0.4 is 4.74 Å². The first kappa shape index (κ1) is 18.3. The fourth-order valence-electron chi connectivity index (χ4n) is 2.66. The number of ether oxygens (including phenoxy) is 1. The Morgan fingerprint density at radius 2 is 1.46 bits per heavy atom. The number of benzene rings is 3. The van der Waals surface area contributed by atoms with Gasteiger partial charge in [-0.2, -0.15) is 0 Å². The number of hydrogen-bond donors (Lipinski definition) is 0. The third kappa shape index (κ3) is 3.17. The molecular weight excluding hydrogens is 379 g/mol. The molecule has 0 atom stereocenters. The third-order valence-electron chi connectivity index (χ3n) is 3.95. The average Bonchev–Trinajstić information content (AvgIpc) is 2.59. The van der Waals surface area contributed by atoms with Crippen molar-refractivity contribution in [2.24, 2.45) is 0 Å². The molecule has 0 aliphatic heterocycles. The minimum atomic E-state index is -4.01. The van der Waals surface area contributed by atoms with Crippen molar-refractivity contribution in [3.05, 3.63) is 60.4 Å². The Morgan fingerprint density at radius 3 is 2.04 bits per heavy atom. The van der Waals surface area contributed by atoms with Gasteiger partial charge in [-0.25, -0.2) is 21.2 Å². The van der Waals surface area contributed by atoms with Crippen LogP contribution in [0.15, 0.2) is 69.3 Å². The highest BCUT2D eigenvalue weighted by atomic mass is 32.2. The summed E-state index contributed by atoms with van der Waals surface area (Å²) in [7, 11) is -6.11. The van der Waals surface area contributed by atoms with Crippen LogP contribution in [0.5, 0.6) is 5.75 Å². The van der Waals surface area contributed by atoms with Gasteiger partial charge in [0.15, 0.2) is 9.84 Å². The molecule has 136 valence electrons. The van der Waals surface area contributed by atoms with Crippen molar-refractivity contribution in [2.75, 3.05) is 13.4 Å². The van der Waals surface area contributed by atoms with Crippen LogP contribution in [-0.4, -0.2) is 30.2 Å². The summed E-state index contributed by atoms with van der Waals surface area (Å²) >= 11 is 0. The van der Waals surface area contributed by atoms with E-state index in [2.05, 4.69) is 0 Å². The van der Waals surface area contributed by atoms with Gasteiger partial charge in [-0.1, -0.05) is 12.1 Å². The summed E-state index contributed by atoms with van der Waals surface area (Å²) in [6.07, 6.45) is 1.08. The Bertz CT molecular complexity index is 1200. The molecule has 26 heavy (non-hydrogen) atoms. The molecule has 0 heterocycles. The summed E-state index contributed by atoms with van der Waals surface area (Å²) in [5.41, 5.74) is 0. The highest BCUT2D eigenvalue weighted by Crippen LogP contribution is 2.36. The van der Waals surface area contributed by atoms with Gasteiger partial charge in [0.05, 0.1) is 16.9 Å². The fourth-order valence-corrected chi connectivity index (χ4v) is 4.94. The summed E-state index contributed by atoms with van der Waals surface area (Å²) in [6.45, 7) is 0. The van der Waals surface area contributed by atoms with Gasteiger partial charge in [-0.3, -0.25) is 0 Å². The standard InChI is InChI=1S/C18H15FO5S2/c1-24-17-10-3-12-11-15(25(2,20)21)8-9-16(12)18(17)26(22,23)14-6-4-13(19)5-7-14/h3-11H,1-2H3. The Morgan fingerprint density at radius 1 is 0.846 bits per heavy atom. The predicted octanol–water partition coefficient (Wildman–Crippen LogP) is 3.22. The monoisotopic (exact) mass is 394 g/mol. The van der Waals surface area contributed by atoms with Crippen LogP contribution in [0.4, 0.5) is 4.39 Å². The summed E-state index contributed by atoms with van der Waals surface area (Å²) in [5, 5.41) is 0.760. The molecule has 0 radical (unpaired) electrons. The van der Waals surface area contributed by atoms with E-state index in [1.54, 1.807) is 6.07 Å². The molecule has 0 spiro atoms. The van der Waals surface area contributed by atoms with Gasteiger partial charge in [0, 0.05) is 11.6 Å². The normalized spacial score (nSPS) is 12.3. The lowest BCUT2D eigenvalue weighted by Gasteiger charge is -2.13. The lowest BCUT2D eigenvalue weighted by molar-refractivity contribution is 0.404. The van der Waals surface area contributed by atoms with Crippen molar-refractivity contribution in [2.45, 2.75) is 14.7 Å². The van der Waals surface area contributed by atoms with Crippen molar-refractivity contribution in [1.29, 1.82) is 0 Å². The number of fused-ring (bicyclic) bond motifs is 1. The number of hydrogen-bond acceptors (Lipinski definition) is 5. The molecule has 5 nitrogen and oxygen atoms in total. The van der Waals surface area contributed by atoms with E-state index < -0.39 is 25.5 Å². The summed E-state index contributed by atoms with van der Waals surface area (Å²) in [5.74, 6) is -0.430. The highest BCUT2D eigenvalue weighted by Gasteiger charge is 2.25. The lowest BCUT2D eigenvalue weighted by Crippen LogP contribution is -2.06. The van der Waals surface area contributed by atoms with E-state index in [0.717, 1.165) is 18.4 Å². The largest absolute Gasteiger partial charge is 0.495 e. The Kier molecular flexibility index (Phi) is 4.49. The zero-order valence-electron chi connectivity index (χ0n) is 13.9. The second-order valence-corrected chi connectivity index (χ2v) is 9.61. The molecule has 0 saturated heterocycles. The van der Waals surface area contributed by atoms with Crippen LogP contribution in [0, 0.1) is 5.82 Å². The van der Waals surface area contributed by atoms with Gasteiger partial charge < -0.3 is 4.74 Å². The van der Waals surface area contributed by atoms with E-state index in [1.165, 1.54) is 43.5 Å². The van der Waals surface area contributed by atoms with E-state index in [4.69, 9.17) is 4.74 Å². The maximum Gasteiger partial charge on any atom is 0.210 e. The topological polar surface area (TPSA) is 77.5 Å². The summed E-state index contributed by atoms with van der Waals surface area (Å²) < 4.78 is 68.1. The van der Waals surface area contributed by atoms with E-state index in [0.29, 0.717) is 10.8 Å². The Labute approximate surface area is 150 Å². The van der Waals surface area contributed by atoms with E-state index in [9.17, 15) is 21.2 Å². The average molecular weight is 394 g/mol. The van der Waals surface area contributed by atoms with Crippen LogP contribution in [-0.2, 0) is 19.7 Å². The van der Waals surface area contributed by atoms with Crippen molar-refractivity contribution < 1.29 is 26.0 Å². The first-order valence-corrected chi connectivity index (χ1v) is 10.8. The van der Waals surface area contributed by atoms with Gasteiger partial charge in [0.1, 0.15) is 16.5 Å². The Hall–Kier alpha value is -2.45. The first-order valence-electron chi connectivity index (χ1n) is 7.46. The summed E-state index contributed by atoms with van der Waals surface area (Å²) in [4.78, 5) is -0.0960. The minimum Gasteiger partial charge on any atom is -0.495 e. The van der Waals surface area contributed by atoms with Gasteiger partial charge in [0.2, 0.25) is 9.84 Å². The number of rotatable bonds is 4. The molecule has 3 rings (SSSR count). The van der Waals surface area contributed by atoms with Gasteiger partial charge in [-0.05, 0) is 47.9 Å². The molecule has 0 amide bonds. The molecule has 8 heteroatoms. The van der Waals surface area contributed by atoms with E-state index in [-0.39, 0.29) is 20.4 Å². The molecule has 0 aliphatic rings. The van der Waals surface area contributed by atoms with Crippen LogP contribution >= 0.6 is 0 Å². The van der Waals surface area contributed by atoms with Gasteiger partial charge in [0.25, 0.3) is 0 Å². The molecular formula is C18H15FO5S2. The van der Waals surface area contributed by atoms with Crippen LogP contribution in [0.2, 0.25) is 0 Å². The zero-order chi connectivity index (χ0) is 19.1. The quantitative estimate of drug-likeness (QED) is 0.635. The number of methoxy groups -OCH3 is 1. The SMILES string of the molecule is COc1ccc2cc(S(C)(=O)=O)ccc2c1S(=O)(=O)c1ccc(F)cc1. The zero-order valence-corrected chi connectivity index (χ0v) is 15.6.